The summed E-state index contributed by atoms with van der Waals surface area (Å²) in [5.41, 5.74) is 2.51. The number of amides is 1. The van der Waals surface area contributed by atoms with Crippen molar-refractivity contribution in [3.63, 3.8) is 0 Å². The SMILES string of the molecule is CC(=O)NCCc1cc(Br)cc2cc(Cl)c(C3CC3)cc12. The number of hydrogen-bond donors (Lipinski definition) is 1. The Bertz CT molecular complexity index is 709. The first-order chi connectivity index (χ1) is 10.0. The molecule has 0 aliphatic heterocycles. The summed E-state index contributed by atoms with van der Waals surface area (Å²) in [4.78, 5) is 11.0. The van der Waals surface area contributed by atoms with Crippen molar-refractivity contribution in [3.8, 4) is 0 Å². The first-order valence-electron chi connectivity index (χ1n) is 7.20. The van der Waals surface area contributed by atoms with Gasteiger partial charge in [0.1, 0.15) is 0 Å². The Hall–Kier alpha value is -1.06. The fourth-order valence-corrected chi connectivity index (χ4v) is 3.57. The van der Waals surface area contributed by atoms with E-state index >= 15 is 0 Å². The van der Waals surface area contributed by atoms with Crippen LogP contribution in [0.3, 0.4) is 0 Å². The number of hydrogen-bond acceptors (Lipinski definition) is 1. The Morgan fingerprint density at radius 3 is 2.76 bits per heavy atom. The van der Waals surface area contributed by atoms with Crippen LogP contribution in [0.2, 0.25) is 5.02 Å². The highest BCUT2D eigenvalue weighted by molar-refractivity contribution is 9.10. The molecule has 0 radical (unpaired) electrons. The van der Waals surface area contributed by atoms with Crippen molar-refractivity contribution in [2.45, 2.75) is 32.1 Å². The summed E-state index contributed by atoms with van der Waals surface area (Å²) < 4.78 is 1.04. The number of carbonyl (C=O) groups excluding carboxylic acids is 1. The average Bonchev–Trinajstić information content (AvgIpc) is 3.21. The molecule has 21 heavy (non-hydrogen) atoms. The van der Waals surface area contributed by atoms with Gasteiger partial charge >= 0.3 is 0 Å². The molecule has 110 valence electrons. The quantitative estimate of drug-likeness (QED) is 0.826. The number of halogens is 2. The van der Waals surface area contributed by atoms with E-state index in [0.717, 1.165) is 21.3 Å². The summed E-state index contributed by atoms with van der Waals surface area (Å²) in [7, 11) is 0. The monoisotopic (exact) mass is 365 g/mol. The Kier molecular flexibility index (Phi) is 4.23. The van der Waals surface area contributed by atoms with Crippen LogP contribution in [0, 0.1) is 0 Å². The zero-order valence-corrected chi connectivity index (χ0v) is 14.2. The minimum atomic E-state index is 0.0102. The molecule has 0 aromatic heterocycles. The van der Waals surface area contributed by atoms with Crippen LogP contribution in [-0.2, 0) is 11.2 Å². The van der Waals surface area contributed by atoms with Crippen molar-refractivity contribution < 1.29 is 4.79 Å². The highest BCUT2D eigenvalue weighted by atomic mass is 79.9. The summed E-state index contributed by atoms with van der Waals surface area (Å²) in [6, 6.07) is 8.54. The first-order valence-corrected chi connectivity index (χ1v) is 8.37. The summed E-state index contributed by atoms with van der Waals surface area (Å²) in [6.45, 7) is 2.20. The van der Waals surface area contributed by atoms with E-state index in [2.05, 4.69) is 45.5 Å². The average molecular weight is 367 g/mol. The van der Waals surface area contributed by atoms with Crippen LogP contribution in [0.15, 0.2) is 28.7 Å². The molecule has 0 bridgehead atoms. The molecule has 2 nitrogen and oxygen atoms in total. The Morgan fingerprint density at radius 1 is 1.33 bits per heavy atom. The zero-order chi connectivity index (χ0) is 15.0. The molecule has 0 heterocycles. The summed E-state index contributed by atoms with van der Waals surface area (Å²) in [5, 5.41) is 6.13. The largest absolute Gasteiger partial charge is 0.356 e. The second-order valence-corrected chi connectivity index (χ2v) is 6.99. The maximum absolute atomic E-state index is 11.0. The maximum Gasteiger partial charge on any atom is 0.216 e. The van der Waals surface area contributed by atoms with Gasteiger partial charge in [-0.05, 0) is 71.3 Å². The molecule has 0 spiro atoms. The number of benzene rings is 2. The van der Waals surface area contributed by atoms with Gasteiger partial charge in [-0.1, -0.05) is 27.5 Å². The van der Waals surface area contributed by atoms with E-state index < -0.39 is 0 Å². The van der Waals surface area contributed by atoms with Gasteiger partial charge in [0.15, 0.2) is 0 Å². The molecule has 1 N–H and O–H groups in total. The van der Waals surface area contributed by atoms with Crippen LogP contribution in [0.5, 0.6) is 0 Å². The van der Waals surface area contributed by atoms with E-state index in [1.54, 1.807) is 6.92 Å². The molecular formula is C17H17BrClNO. The first kappa shape index (κ1) is 14.9. The van der Waals surface area contributed by atoms with Gasteiger partial charge in [0.2, 0.25) is 5.91 Å². The molecule has 4 heteroatoms. The third-order valence-electron chi connectivity index (χ3n) is 3.91. The normalized spacial score (nSPS) is 14.4. The van der Waals surface area contributed by atoms with Crippen LogP contribution in [0.1, 0.15) is 36.8 Å². The predicted molar refractivity (Wildman–Crippen MR) is 91.0 cm³/mol. The van der Waals surface area contributed by atoms with Crippen molar-refractivity contribution >= 4 is 44.2 Å². The minimum absolute atomic E-state index is 0.0102. The van der Waals surface area contributed by atoms with Crippen LogP contribution >= 0.6 is 27.5 Å². The van der Waals surface area contributed by atoms with Gasteiger partial charge in [-0.15, -0.1) is 0 Å². The van der Waals surface area contributed by atoms with Crippen LogP contribution in [-0.4, -0.2) is 12.5 Å². The smallest absolute Gasteiger partial charge is 0.216 e. The van der Waals surface area contributed by atoms with Gasteiger partial charge in [-0.25, -0.2) is 0 Å². The predicted octanol–water partition coefficient (Wildman–Crippen LogP) is 4.81. The van der Waals surface area contributed by atoms with Crippen molar-refractivity contribution in [2.24, 2.45) is 0 Å². The topological polar surface area (TPSA) is 29.1 Å². The van der Waals surface area contributed by atoms with Gasteiger partial charge in [-0.2, -0.15) is 0 Å². The maximum atomic E-state index is 11.0. The molecule has 1 aliphatic carbocycles. The third-order valence-corrected chi connectivity index (χ3v) is 4.69. The standard InChI is InChI=1S/C17H17BrClNO/c1-10(21)20-5-4-12-6-14(18)7-13-8-17(19)16(9-15(12)13)11-2-3-11/h6-9,11H,2-5H2,1H3,(H,20,21). The minimum Gasteiger partial charge on any atom is -0.356 e. The molecule has 1 fully saturated rings. The fraction of sp³-hybridized carbons (Fsp3) is 0.353. The lowest BCUT2D eigenvalue weighted by Gasteiger charge is -2.12. The highest BCUT2D eigenvalue weighted by Gasteiger charge is 2.26. The number of rotatable bonds is 4. The second kappa shape index (κ2) is 5.98. The molecule has 0 saturated heterocycles. The highest BCUT2D eigenvalue weighted by Crippen LogP contribution is 2.45. The van der Waals surface area contributed by atoms with E-state index in [1.807, 2.05) is 0 Å². The van der Waals surface area contributed by atoms with Gasteiger partial charge in [-0.3, -0.25) is 4.79 Å². The summed E-state index contributed by atoms with van der Waals surface area (Å²) >= 11 is 9.97. The van der Waals surface area contributed by atoms with Crippen molar-refractivity contribution in [1.29, 1.82) is 0 Å². The summed E-state index contributed by atoms with van der Waals surface area (Å²) in [5.74, 6) is 0.643. The second-order valence-electron chi connectivity index (χ2n) is 5.67. The lowest BCUT2D eigenvalue weighted by atomic mass is 9.98. The summed E-state index contributed by atoms with van der Waals surface area (Å²) in [6.07, 6.45) is 3.30. The van der Waals surface area contributed by atoms with Gasteiger partial charge < -0.3 is 5.32 Å². The van der Waals surface area contributed by atoms with Crippen LogP contribution in [0.4, 0.5) is 0 Å². The van der Waals surface area contributed by atoms with E-state index in [-0.39, 0.29) is 5.91 Å². The van der Waals surface area contributed by atoms with Gasteiger partial charge in [0.05, 0.1) is 0 Å². The van der Waals surface area contributed by atoms with Crippen LogP contribution < -0.4 is 5.32 Å². The van der Waals surface area contributed by atoms with E-state index in [0.29, 0.717) is 12.5 Å². The van der Waals surface area contributed by atoms with Crippen molar-refractivity contribution in [2.75, 3.05) is 6.54 Å². The molecular weight excluding hydrogens is 350 g/mol. The molecule has 1 amide bonds. The van der Waals surface area contributed by atoms with Crippen molar-refractivity contribution in [1.82, 2.24) is 5.32 Å². The Balaban J connectivity index is 2.00. The Morgan fingerprint density at radius 2 is 2.10 bits per heavy atom. The lowest BCUT2D eigenvalue weighted by Crippen LogP contribution is -2.22. The molecule has 0 atom stereocenters. The van der Waals surface area contributed by atoms with E-state index in [4.69, 9.17) is 11.6 Å². The van der Waals surface area contributed by atoms with Crippen LogP contribution in [0.25, 0.3) is 10.8 Å². The Labute approximate surface area is 138 Å². The molecule has 0 unspecified atom stereocenters. The molecule has 2 aromatic carbocycles. The third kappa shape index (κ3) is 3.41. The number of fused-ring (bicyclic) bond motifs is 1. The van der Waals surface area contributed by atoms with E-state index in [9.17, 15) is 4.79 Å². The zero-order valence-electron chi connectivity index (χ0n) is 11.9. The van der Waals surface area contributed by atoms with E-state index in [1.165, 1.54) is 29.4 Å². The van der Waals surface area contributed by atoms with Crippen molar-refractivity contribution in [3.05, 3.63) is 44.9 Å². The fourth-order valence-electron chi connectivity index (χ4n) is 2.72. The van der Waals surface area contributed by atoms with Gasteiger partial charge in [0, 0.05) is 23.0 Å². The number of nitrogens with one attached hydrogen (secondary N) is 1. The molecule has 3 rings (SSSR count). The molecule has 1 aliphatic rings. The number of carbonyl (C=O) groups is 1. The lowest BCUT2D eigenvalue weighted by molar-refractivity contribution is -0.118. The molecule has 2 aromatic rings. The van der Waals surface area contributed by atoms with Gasteiger partial charge in [0.25, 0.3) is 0 Å². The molecule has 1 saturated carbocycles.